The zero-order valence-corrected chi connectivity index (χ0v) is 8.49. The molecule has 0 saturated heterocycles. The zero-order valence-electron chi connectivity index (χ0n) is 8.49. The summed E-state index contributed by atoms with van der Waals surface area (Å²) in [6, 6.07) is 2.11. The van der Waals surface area contributed by atoms with E-state index in [2.05, 4.69) is 36.1 Å². The van der Waals surface area contributed by atoms with E-state index in [-0.39, 0.29) is 6.04 Å². The highest BCUT2D eigenvalue weighted by atomic mass is 15.0. The smallest absolute Gasteiger partial charge is 0.145 e. The summed E-state index contributed by atoms with van der Waals surface area (Å²) in [5.74, 6) is 1.40. The molecular formula is C10H17N3. The Morgan fingerprint density at radius 2 is 1.92 bits per heavy atom. The Labute approximate surface area is 79.6 Å². The summed E-state index contributed by atoms with van der Waals surface area (Å²) in [5.41, 5.74) is 0. The second-order valence-electron chi connectivity index (χ2n) is 3.39. The molecule has 3 nitrogen and oxygen atoms in total. The quantitative estimate of drug-likeness (QED) is 0.765. The van der Waals surface area contributed by atoms with Crippen molar-refractivity contribution < 1.29 is 0 Å². The van der Waals surface area contributed by atoms with Crippen LogP contribution in [0.1, 0.15) is 32.6 Å². The predicted molar refractivity (Wildman–Crippen MR) is 53.3 cm³/mol. The molecule has 0 aliphatic carbocycles. The summed E-state index contributed by atoms with van der Waals surface area (Å²) >= 11 is 0. The van der Waals surface area contributed by atoms with Crippen molar-refractivity contribution in [1.82, 2.24) is 15.3 Å². The van der Waals surface area contributed by atoms with Crippen LogP contribution in [0.5, 0.6) is 0 Å². The molecule has 3 heteroatoms. The molecule has 0 radical (unpaired) electrons. The van der Waals surface area contributed by atoms with Crippen molar-refractivity contribution in [3.8, 4) is 0 Å². The Balaban J connectivity index is 2.76. The van der Waals surface area contributed by atoms with Crippen molar-refractivity contribution in [2.75, 3.05) is 6.54 Å². The number of rotatable bonds is 4. The van der Waals surface area contributed by atoms with E-state index >= 15 is 0 Å². The van der Waals surface area contributed by atoms with Crippen LogP contribution < -0.4 is 5.32 Å². The Hall–Kier alpha value is -0.960. The van der Waals surface area contributed by atoms with Gasteiger partial charge in [0.05, 0.1) is 6.04 Å². The van der Waals surface area contributed by atoms with Gasteiger partial charge < -0.3 is 5.32 Å². The van der Waals surface area contributed by atoms with Crippen molar-refractivity contribution in [3.05, 3.63) is 24.3 Å². The van der Waals surface area contributed by atoms with Crippen molar-refractivity contribution in [2.24, 2.45) is 5.92 Å². The minimum atomic E-state index is 0.270. The minimum absolute atomic E-state index is 0.270. The van der Waals surface area contributed by atoms with Gasteiger partial charge in [0.1, 0.15) is 5.82 Å². The molecular weight excluding hydrogens is 162 g/mol. The maximum absolute atomic E-state index is 4.25. The van der Waals surface area contributed by atoms with E-state index in [0.717, 1.165) is 12.4 Å². The van der Waals surface area contributed by atoms with Crippen LogP contribution in [0.4, 0.5) is 0 Å². The molecule has 1 heterocycles. The molecule has 0 bridgehead atoms. The maximum atomic E-state index is 4.25. The van der Waals surface area contributed by atoms with Crippen LogP contribution in [0.25, 0.3) is 0 Å². The molecule has 0 spiro atoms. The number of nitrogens with one attached hydrogen (secondary N) is 1. The SMILES string of the molecule is CCNC(c1ncccn1)C(C)C. The lowest BCUT2D eigenvalue weighted by Crippen LogP contribution is -2.27. The molecule has 13 heavy (non-hydrogen) atoms. The van der Waals surface area contributed by atoms with Gasteiger partial charge in [-0.05, 0) is 18.5 Å². The average Bonchev–Trinajstić information content (AvgIpc) is 2.15. The average molecular weight is 179 g/mol. The summed E-state index contributed by atoms with van der Waals surface area (Å²) in [4.78, 5) is 8.49. The highest BCUT2D eigenvalue weighted by molar-refractivity contribution is 4.96. The largest absolute Gasteiger partial charge is 0.307 e. The third-order valence-corrected chi connectivity index (χ3v) is 1.95. The molecule has 0 saturated carbocycles. The molecule has 1 unspecified atom stereocenters. The first kappa shape index (κ1) is 10.1. The van der Waals surface area contributed by atoms with Crippen molar-refractivity contribution in [1.29, 1.82) is 0 Å². The van der Waals surface area contributed by atoms with E-state index in [1.165, 1.54) is 0 Å². The maximum Gasteiger partial charge on any atom is 0.145 e. The summed E-state index contributed by atoms with van der Waals surface area (Å²) in [5, 5.41) is 3.37. The van der Waals surface area contributed by atoms with Crippen LogP contribution in [-0.2, 0) is 0 Å². The van der Waals surface area contributed by atoms with Gasteiger partial charge in [0.2, 0.25) is 0 Å². The van der Waals surface area contributed by atoms with Gasteiger partial charge in [-0.15, -0.1) is 0 Å². The Morgan fingerprint density at radius 3 is 2.38 bits per heavy atom. The third-order valence-electron chi connectivity index (χ3n) is 1.95. The van der Waals surface area contributed by atoms with Gasteiger partial charge in [0, 0.05) is 12.4 Å². The number of hydrogen-bond donors (Lipinski definition) is 1. The lowest BCUT2D eigenvalue weighted by Gasteiger charge is -2.19. The number of hydrogen-bond acceptors (Lipinski definition) is 3. The van der Waals surface area contributed by atoms with Crippen LogP contribution in [0.15, 0.2) is 18.5 Å². The van der Waals surface area contributed by atoms with Gasteiger partial charge in [0.15, 0.2) is 0 Å². The highest BCUT2D eigenvalue weighted by Crippen LogP contribution is 2.16. The molecule has 1 rings (SSSR count). The number of nitrogens with zero attached hydrogens (tertiary/aromatic N) is 2. The topological polar surface area (TPSA) is 37.8 Å². The summed E-state index contributed by atoms with van der Waals surface area (Å²) in [7, 11) is 0. The van der Waals surface area contributed by atoms with Gasteiger partial charge in [-0.1, -0.05) is 20.8 Å². The summed E-state index contributed by atoms with van der Waals surface area (Å²) in [6.07, 6.45) is 3.57. The molecule has 1 aromatic heterocycles. The molecule has 0 aliphatic heterocycles. The van der Waals surface area contributed by atoms with E-state index in [1.807, 2.05) is 6.07 Å². The van der Waals surface area contributed by atoms with Gasteiger partial charge in [0.25, 0.3) is 0 Å². The second-order valence-corrected chi connectivity index (χ2v) is 3.39. The fourth-order valence-corrected chi connectivity index (χ4v) is 1.32. The Kier molecular flexibility index (Phi) is 3.83. The van der Waals surface area contributed by atoms with E-state index in [0.29, 0.717) is 5.92 Å². The molecule has 0 aliphatic rings. The van der Waals surface area contributed by atoms with E-state index < -0.39 is 0 Å². The summed E-state index contributed by atoms with van der Waals surface area (Å²) in [6.45, 7) is 7.38. The standard InChI is InChI=1S/C10H17N3/c1-4-11-9(8(2)3)10-12-6-5-7-13-10/h5-9,11H,4H2,1-3H3. The lowest BCUT2D eigenvalue weighted by atomic mass is 10.0. The fraction of sp³-hybridized carbons (Fsp3) is 0.600. The van der Waals surface area contributed by atoms with E-state index in [9.17, 15) is 0 Å². The van der Waals surface area contributed by atoms with Crippen LogP contribution in [-0.4, -0.2) is 16.5 Å². The fourth-order valence-electron chi connectivity index (χ4n) is 1.32. The second kappa shape index (κ2) is 4.92. The zero-order chi connectivity index (χ0) is 9.68. The first-order valence-corrected chi connectivity index (χ1v) is 4.76. The molecule has 72 valence electrons. The molecule has 0 fully saturated rings. The lowest BCUT2D eigenvalue weighted by molar-refractivity contribution is 0.403. The Morgan fingerprint density at radius 1 is 1.31 bits per heavy atom. The Bertz CT molecular complexity index is 233. The first-order chi connectivity index (χ1) is 6.25. The van der Waals surface area contributed by atoms with Gasteiger partial charge >= 0.3 is 0 Å². The first-order valence-electron chi connectivity index (χ1n) is 4.76. The van der Waals surface area contributed by atoms with Crippen molar-refractivity contribution in [3.63, 3.8) is 0 Å². The van der Waals surface area contributed by atoms with Gasteiger partial charge in [-0.3, -0.25) is 0 Å². The predicted octanol–water partition coefficient (Wildman–Crippen LogP) is 1.78. The molecule has 0 amide bonds. The van der Waals surface area contributed by atoms with Crippen LogP contribution in [0.3, 0.4) is 0 Å². The number of aromatic nitrogens is 2. The van der Waals surface area contributed by atoms with Crippen molar-refractivity contribution in [2.45, 2.75) is 26.8 Å². The van der Waals surface area contributed by atoms with E-state index in [1.54, 1.807) is 12.4 Å². The van der Waals surface area contributed by atoms with Gasteiger partial charge in [-0.2, -0.15) is 0 Å². The minimum Gasteiger partial charge on any atom is -0.307 e. The highest BCUT2D eigenvalue weighted by Gasteiger charge is 2.16. The molecule has 1 aromatic rings. The van der Waals surface area contributed by atoms with Crippen LogP contribution >= 0.6 is 0 Å². The normalized spacial score (nSPS) is 13.2. The van der Waals surface area contributed by atoms with Crippen LogP contribution in [0.2, 0.25) is 0 Å². The van der Waals surface area contributed by atoms with Gasteiger partial charge in [-0.25, -0.2) is 9.97 Å². The molecule has 0 aromatic carbocycles. The molecule has 1 atom stereocenters. The van der Waals surface area contributed by atoms with E-state index in [4.69, 9.17) is 0 Å². The third kappa shape index (κ3) is 2.77. The van der Waals surface area contributed by atoms with Crippen molar-refractivity contribution >= 4 is 0 Å². The molecule has 1 N–H and O–H groups in total. The monoisotopic (exact) mass is 179 g/mol. The summed E-state index contributed by atoms with van der Waals surface area (Å²) < 4.78 is 0. The van der Waals surface area contributed by atoms with Crippen LogP contribution in [0, 0.1) is 5.92 Å².